The van der Waals surface area contributed by atoms with Crippen LogP contribution in [0.3, 0.4) is 0 Å². The predicted molar refractivity (Wildman–Crippen MR) is 118 cm³/mol. The van der Waals surface area contributed by atoms with E-state index in [-0.39, 0.29) is 18.0 Å². The van der Waals surface area contributed by atoms with Crippen molar-refractivity contribution in [3.05, 3.63) is 71.5 Å². The van der Waals surface area contributed by atoms with Gasteiger partial charge in [0.1, 0.15) is 17.2 Å². The number of hydrogen-bond acceptors (Lipinski definition) is 4. The third-order valence-electron chi connectivity index (χ3n) is 3.88. The Morgan fingerprint density at radius 1 is 0.966 bits per heavy atom. The zero-order chi connectivity index (χ0) is 21.6. The van der Waals surface area contributed by atoms with E-state index in [1.807, 2.05) is 46.8 Å². The van der Waals surface area contributed by atoms with Gasteiger partial charge in [0.25, 0.3) is 0 Å². The highest BCUT2D eigenvalue weighted by Crippen LogP contribution is 2.31. The van der Waals surface area contributed by atoms with Crippen LogP contribution in [0.5, 0.6) is 17.2 Å². The maximum Gasteiger partial charge on any atom is 0.185 e. The third-order valence-corrected chi connectivity index (χ3v) is 3.88. The molecule has 2 aromatic carbocycles. The van der Waals surface area contributed by atoms with E-state index in [1.165, 1.54) is 0 Å². The Hall–Kier alpha value is -3.01. The van der Waals surface area contributed by atoms with Gasteiger partial charge in [0.05, 0.1) is 18.0 Å². The van der Waals surface area contributed by atoms with Crippen molar-refractivity contribution in [1.82, 2.24) is 0 Å². The molecule has 0 fully saturated rings. The lowest BCUT2D eigenvalue weighted by Crippen LogP contribution is -2.10. The summed E-state index contributed by atoms with van der Waals surface area (Å²) in [7, 11) is 0. The van der Waals surface area contributed by atoms with Crippen molar-refractivity contribution in [2.75, 3.05) is 0 Å². The molecule has 0 aliphatic carbocycles. The van der Waals surface area contributed by atoms with Crippen LogP contribution in [0.1, 0.15) is 56.1 Å². The molecule has 29 heavy (non-hydrogen) atoms. The number of carbonyl (C=O) groups excluding carboxylic acids is 1. The first-order valence-corrected chi connectivity index (χ1v) is 9.79. The van der Waals surface area contributed by atoms with Gasteiger partial charge in [-0.15, -0.1) is 0 Å². The topological polar surface area (TPSA) is 44.8 Å². The Morgan fingerprint density at radius 3 is 2.10 bits per heavy atom. The molecule has 0 unspecified atom stereocenters. The number of aryl methyl sites for hydroxylation is 1. The van der Waals surface area contributed by atoms with E-state index in [1.54, 1.807) is 43.3 Å². The smallest absolute Gasteiger partial charge is 0.185 e. The molecule has 0 aromatic heterocycles. The number of ether oxygens (including phenoxy) is 3. The molecule has 0 heterocycles. The molecule has 0 bridgehead atoms. The fraction of sp³-hybridized carbons (Fsp3) is 0.320. The van der Waals surface area contributed by atoms with Gasteiger partial charge in [-0.05, 0) is 89.6 Å². The highest BCUT2D eigenvalue weighted by molar-refractivity contribution is 6.07. The van der Waals surface area contributed by atoms with Gasteiger partial charge < -0.3 is 14.2 Å². The summed E-state index contributed by atoms with van der Waals surface area (Å²) in [5.41, 5.74) is 2.41. The summed E-state index contributed by atoms with van der Waals surface area (Å²) in [5.74, 6) is 2.63. The van der Waals surface area contributed by atoms with Gasteiger partial charge in [-0.3, -0.25) is 4.79 Å². The van der Waals surface area contributed by atoms with Crippen molar-refractivity contribution in [3.8, 4) is 17.2 Å². The lowest BCUT2D eigenvalue weighted by molar-refractivity contribution is 0.104. The molecule has 0 amide bonds. The van der Waals surface area contributed by atoms with Gasteiger partial charge in [-0.1, -0.05) is 6.58 Å². The van der Waals surface area contributed by atoms with Crippen LogP contribution in [0.25, 0.3) is 6.08 Å². The molecule has 154 valence electrons. The zero-order valence-electron chi connectivity index (χ0n) is 18.1. The molecular formula is C25H30O4. The van der Waals surface area contributed by atoms with Gasteiger partial charge >= 0.3 is 0 Å². The quantitative estimate of drug-likeness (QED) is 0.281. The zero-order valence-corrected chi connectivity index (χ0v) is 18.1. The minimum Gasteiger partial charge on any atom is -0.491 e. The first kappa shape index (κ1) is 22.3. The lowest BCUT2D eigenvalue weighted by atomic mass is 10.1. The Morgan fingerprint density at radius 2 is 1.55 bits per heavy atom. The normalized spacial score (nSPS) is 11.2. The molecule has 0 saturated heterocycles. The van der Waals surface area contributed by atoms with Crippen LogP contribution >= 0.6 is 0 Å². The highest BCUT2D eigenvalue weighted by Gasteiger charge is 2.11. The molecule has 0 spiro atoms. The SMILES string of the molecule is C=C(C)Oc1ccc(C(=O)/C=C/c2cc(C)c(OC(C)C)cc2OC(C)C)cc1. The Kier molecular flexibility index (Phi) is 7.66. The Bertz CT molecular complexity index is 890. The summed E-state index contributed by atoms with van der Waals surface area (Å²) in [4.78, 5) is 12.6. The standard InChI is InChI=1S/C25H30O4/c1-16(2)27-22-11-8-20(9-12-22)23(26)13-10-21-14-19(7)24(28-17(3)4)15-25(21)29-18(5)6/h8-15,17-18H,1H2,2-7H3/b13-10+. The van der Waals surface area contributed by atoms with Gasteiger partial charge in [-0.25, -0.2) is 0 Å². The van der Waals surface area contributed by atoms with Crippen molar-refractivity contribution >= 4 is 11.9 Å². The van der Waals surface area contributed by atoms with Crippen LogP contribution in [0, 0.1) is 6.92 Å². The first-order chi connectivity index (χ1) is 13.7. The van der Waals surface area contributed by atoms with E-state index in [4.69, 9.17) is 14.2 Å². The molecule has 4 heteroatoms. The number of benzene rings is 2. The van der Waals surface area contributed by atoms with E-state index in [9.17, 15) is 4.79 Å². The largest absolute Gasteiger partial charge is 0.491 e. The number of allylic oxidation sites excluding steroid dienone is 2. The summed E-state index contributed by atoms with van der Waals surface area (Å²) >= 11 is 0. The fourth-order valence-electron chi connectivity index (χ4n) is 2.71. The predicted octanol–water partition coefficient (Wildman–Crippen LogP) is 6.38. The van der Waals surface area contributed by atoms with Crippen LogP contribution in [0.15, 0.2) is 54.8 Å². The lowest BCUT2D eigenvalue weighted by Gasteiger charge is -2.18. The van der Waals surface area contributed by atoms with Gasteiger partial charge in [0.2, 0.25) is 0 Å². The van der Waals surface area contributed by atoms with Crippen molar-refractivity contribution < 1.29 is 19.0 Å². The monoisotopic (exact) mass is 394 g/mol. The van der Waals surface area contributed by atoms with Crippen molar-refractivity contribution in [1.29, 1.82) is 0 Å². The molecule has 0 atom stereocenters. The van der Waals surface area contributed by atoms with Gasteiger partial charge in [0.15, 0.2) is 5.78 Å². The van der Waals surface area contributed by atoms with Crippen LogP contribution in [-0.2, 0) is 0 Å². The maximum atomic E-state index is 12.6. The van der Waals surface area contributed by atoms with E-state index >= 15 is 0 Å². The first-order valence-electron chi connectivity index (χ1n) is 9.79. The van der Waals surface area contributed by atoms with E-state index < -0.39 is 0 Å². The van der Waals surface area contributed by atoms with Crippen LogP contribution < -0.4 is 14.2 Å². The fourth-order valence-corrected chi connectivity index (χ4v) is 2.71. The van der Waals surface area contributed by atoms with E-state index in [2.05, 4.69) is 6.58 Å². The highest BCUT2D eigenvalue weighted by atomic mass is 16.5. The molecule has 4 nitrogen and oxygen atoms in total. The molecule has 0 radical (unpaired) electrons. The van der Waals surface area contributed by atoms with E-state index in [0.717, 1.165) is 16.9 Å². The van der Waals surface area contributed by atoms with Crippen LogP contribution in [0.4, 0.5) is 0 Å². The van der Waals surface area contributed by atoms with Crippen molar-refractivity contribution in [2.24, 2.45) is 0 Å². The second kappa shape index (κ2) is 9.97. The van der Waals surface area contributed by atoms with Gasteiger partial charge in [0, 0.05) is 17.2 Å². The molecule has 0 aliphatic rings. The molecule has 2 aromatic rings. The summed E-state index contributed by atoms with van der Waals surface area (Å²) in [6.45, 7) is 15.4. The molecular weight excluding hydrogens is 364 g/mol. The number of hydrogen-bond donors (Lipinski definition) is 0. The summed E-state index contributed by atoms with van der Waals surface area (Å²) in [5, 5.41) is 0. The molecule has 0 N–H and O–H groups in total. The van der Waals surface area contributed by atoms with Crippen LogP contribution in [0.2, 0.25) is 0 Å². The summed E-state index contributed by atoms with van der Waals surface area (Å²) < 4.78 is 17.2. The average Bonchev–Trinajstić information content (AvgIpc) is 2.62. The average molecular weight is 395 g/mol. The minimum absolute atomic E-state index is 0.00770. The van der Waals surface area contributed by atoms with Crippen molar-refractivity contribution in [2.45, 2.75) is 53.8 Å². The summed E-state index contributed by atoms with van der Waals surface area (Å²) in [6, 6.07) is 10.9. The molecule has 2 rings (SSSR count). The summed E-state index contributed by atoms with van der Waals surface area (Å²) in [6.07, 6.45) is 3.41. The third kappa shape index (κ3) is 6.83. The number of carbonyl (C=O) groups is 1. The molecule has 0 saturated carbocycles. The van der Waals surface area contributed by atoms with E-state index in [0.29, 0.717) is 22.8 Å². The van der Waals surface area contributed by atoms with Crippen molar-refractivity contribution in [3.63, 3.8) is 0 Å². The Labute approximate surface area is 173 Å². The second-order valence-corrected chi connectivity index (χ2v) is 7.51. The second-order valence-electron chi connectivity index (χ2n) is 7.51. The Balaban J connectivity index is 2.26. The molecule has 0 aliphatic heterocycles. The minimum atomic E-state index is -0.0949. The maximum absolute atomic E-state index is 12.6. The van der Waals surface area contributed by atoms with Gasteiger partial charge in [-0.2, -0.15) is 0 Å². The number of ketones is 1. The number of rotatable bonds is 9. The van der Waals surface area contributed by atoms with Crippen LogP contribution in [-0.4, -0.2) is 18.0 Å².